The van der Waals surface area contributed by atoms with Gasteiger partial charge in [-0.2, -0.15) is 0 Å². The van der Waals surface area contributed by atoms with Gasteiger partial charge in [-0.05, 0) is 43.8 Å². The quantitative estimate of drug-likeness (QED) is 0.576. The average molecular weight is 250 g/mol. The Bertz CT molecular complexity index is 405. The first-order valence-electron chi connectivity index (χ1n) is 6.34. The molecule has 0 aromatic heterocycles. The SMILES string of the molecule is CCCCCN(C)Cc1cc(C(=O)O)ccc1N. The summed E-state index contributed by atoms with van der Waals surface area (Å²) in [6.07, 6.45) is 3.57. The molecule has 0 atom stereocenters. The van der Waals surface area contributed by atoms with Gasteiger partial charge in [-0.25, -0.2) is 4.79 Å². The highest BCUT2D eigenvalue weighted by Crippen LogP contribution is 2.16. The maximum Gasteiger partial charge on any atom is 0.335 e. The number of hydrogen-bond donors (Lipinski definition) is 2. The molecule has 0 bridgehead atoms. The molecule has 0 aliphatic carbocycles. The van der Waals surface area contributed by atoms with Crippen LogP contribution < -0.4 is 5.73 Å². The molecule has 0 spiro atoms. The molecule has 1 aromatic rings. The van der Waals surface area contributed by atoms with E-state index in [1.54, 1.807) is 12.1 Å². The summed E-state index contributed by atoms with van der Waals surface area (Å²) in [4.78, 5) is 13.1. The zero-order valence-electron chi connectivity index (χ0n) is 11.1. The molecule has 0 aliphatic rings. The van der Waals surface area contributed by atoms with E-state index in [-0.39, 0.29) is 0 Å². The minimum Gasteiger partial charge on any atom is -0.478 e. The summed E-state index contributed by atoms with van der Waals surface area (Å²) < 4.78 is 0. The van der Waals surface area contributed by atoms with Crippen molar-refractivity contribution in [2.75, 3.05) is 19.3 Å². The van der Waals surface area contributed by atoms with Gasteiger partial charge in [0.2, 0.25) is 0 Å². The number of hydrogen-bond acceptors (Lipinski definition) is 3. The zero-order chi connectivity index (χ0) is 13.5. The predicted octanol–water partition coefficient (Wildman–Crippen LogP) is 2.59. The van der Waals surface area contributed by atoms with Crippen molar-refractivity contribution in [3.8, 4) is 0 Å². The fourth-order valence-corrected chi connectivity index (χ4v) is 1.88. The van der Waals surface area contributed by atoms with Gasteiger partial charge in [0.1, 0.15) is 0 Å². The molecule has 18 heavy (non-hydrogen) atoms. The van der Waals surface area contributed by atoms with Gasteiger partial charge in [-0.15, -0.1) is 0 Å². The number of nitrogens with two attached hydrogens (primary N) is 1. The van der Waals surface area contributed by atoms with Crippen LogP contribution in [0.3, 0.4) is 0 Å². The molecule has 0 heterocycles. The molecule has 4 heteroatoms. The Kier molecular flexibility index (Phi) is 5.65. The predicted molar refractivity (Wildman–Crippen MR) is 73.7 cm³/mol. The van der Waals surface area contributed by atoms with Gasteiger partial charge >= 0.3 is 5.97 Å². The van der Waals surface area contributed by atoms with Gasteiger partial charge in [0.05, 0.1) is 5.56 Å². The van der Waals surface area contributed by atoms with Crippen LogP contribution >= 0.6 is 0 Å². The minimum absolute atomic E-state index is 0.293. The first-order chi connectivity index (χ1) is 8.54. The lowest BCUT2D eigenvalue weighted by atomic mass is 10.1. The number of unbranched alkanes of at least 4 members (excludes halogenated alkanes) is 2. The highest BCUT2D eigenvalue weighted by molar-refractivity contribution is 5.88. The van der Waals surface area contributed by atoms with Crippen LogP contribution in [-0.2, 0) is 6.54 Å². The number of nitrogens with zero attached hydrogens (tertiary/aromatic N) is 1. The van der Waals surface area contributed by atoms with Crippen molar-refractivity contribution < 1.29 is 9.90 Å². The van der Waals surface area contributed by atoms with E-state index >= 15 is 0 Å². The molecule has 0 fully saturated rings. The number of benzene rings is 1. The number of aromatic carboxylic acids is 1. The molecule has 0 aliphatic heterocycles. The lowest BCUT2D eigenvalue weighted by molar-refractivity contribution is 0.0696. The van der Waals surface area contributed by atoms with Gasteiger partial charge in [-0.3, -0.25) is 0 Å². The summed E-state index contributed by atoms with van der Waals surface area (Å²) in [6, 6.07) is 4.87. The Morgan fingerprint density at radius 1 is 1.39 bits per heavy atom. The summed E-state index contributed by atoms with van der Waals surface area (Å²) >= 11 is 0. The van der Waals surface area contributed by atoms with E-state index in [0.717, 1.165) is 18.5 Å². The fraction of sp³-hybridized carbons (Fsp3) is 0.500. The molecule has 1 rings (SSSR count). The van der Waals surface area contributed by atoms with Crippen LogP contribution in [0.1, 0.15) is 42.1 Å². The second-order valence-electron chi connectivity index (χ2n) is 4.66. The van der Waals surface area contributed by atoms with Crippen molar-refractivity contribution in [1.82, 2.24) is 4.90 Å². The molecule has 100 valence electrons. The Morgan fingerprint density at radius 2 is 2.11 bits per heavy atom. The molecular formula is C14H22N2O2. The van der Waals surface area contributed by atoms with Crippen molar-refractivity contribution in [2.45, 2.75) is 32.7 Å². The summed E-state index contributed by atoms with van der Waals surface area (Å²) in [5, 5.41) is 8.95. The highest BCUT2D eigenvalue weighted by Gasteiger charge is 2.08. The maximum absolute atomic E-state index is 10.9. The Balaban J connectivity index is 2.65. The lowest BCUT2D eigenvalue weighted by Crippen LogP contribution is -2.20. The summed E-state index contributed by atoms with van der Waals surface area (Å²) in [6.45, 7) is 3.87. The molecule has 1 aromatic carbocycles. The van der Waals surface area contributed by atoms with Crippen LogP contribution in [0.15, 0.2) is 18.2 Å². The van der Waals surface area contributed by atoms with Crippen molar-refractivity contribution in [1.29, 1.82) is 0 Å². The van der Waals surface area contributed by atoms with Crippen LogP contribution in [0.5, 0.6) is 0 Å². The average Bonchev–Trinajstić information content (AvgIpc) is 2.32. The molecule has 0 radical (unpaired) electrons. The molecule has 4 nitrogen and oxygen atoms in total. The topological polar surface area (TPSA) is 66.6 Å². The number of nitrogen functional groups attached to an aromatic ring is 1. The first kappa shape index (κ1) is 14.5. The number of anilines is 1. The molecule has 0 unspecified atom stereocenters. The lowest BCUT2D eigenvalue weighted by Gasteiger charge is -2.18. The third kappa shape index (κ3) is 4.37. The van der Waals surface area contributed by atoms with Crippen LogP contribution in [0.25, 0.3) is 0 Å². The van der Waals surface area contributed by atoms with E-state index in [2.05, 4.69) is 11.8 Å². The van der Waals surface area contributed by atoms with Gasteiger partial charge in [0.15, 0.2) is 0 Å². The number of rotatable bonds is 7. The van der Waals surface area contributed by atoms with Gasteiger partial charge in [-0.1, -0.05) is 19.8 Å². The summed E-state index contributed by atoms with van der Waals surface area (Å²) in [7, 11) is 2.03. The Hall–Kier alpha value is -1.55. The zero-order valence-corrected chi connectivity index (χ0v) is 11.1. The van der Waals surface area contributed by atoms with Crippen molar-refractivity contribution in [3.63, 3.8) is 0 Å². The summed E-state index contributed by atoms with van der Waals surface area (Å²) in [5.74, 6) is -0.912. The van der Waals surface area contributed by atoms with Gasteiger partial charge < -0.3 is 15.7 Å². The van der Waals surface area contributed by atoms with Crippen LogP contribution in [0, 0.1) is 0 Å². The highest BCUT2D eigenvalue weighted by atomic mass is 16.4. The third-order valence-corrected chi connectivity index (χ3v) is 2.97. The molecular weight excluding hydrogens is 228 g/mol. The van der Waals surface area contributed by atoms with Gasteiger partial charge in [0, 0.05) is 12.2 Å². The monoisotopic (exact) mass is 250 g/mol. The van der Waals surface area contributed by atoms with E-state index in [0.29, 0.717) is 17.8 Å². The van der Waals surface area contributed by atoms with E-state index in [4.69, 9.17) is 10.8 Å². The fourth-order valence-electron chi connectivity index (χ4n) is 1.88. The second-order valence-corrected chi connectivity index (χ2v) is 4.66. The van der Waals surface area contributed by atoms with Crippen LogP contribution in [0.4, 0.5) is 5.69 Å². The minimum atomic E-state index is -0.912. The molecule has 0 saturated carbocycles. The summed E-state index contributed by atoms with van der Waals surface area (Å²) in [5.41, 5.74) is 7.70. The van der Waals surface area contributed by atoms with E-state index < -0.39 is 5.97 Å². The van der Waals surface area contributed by atoms with E-state index in [1.807, 2.05) is 7.05 Å². The second kappa shape index (κ2) is 7.01. The number of carboxylic acids is 1. The molecule has 0 saturated heterocycles. The standard InChI is InChI=1S/C14H22N2O2/c1-3-4-5-8-16(2)10-12-9-11(14(17)18)6-7-13(12)15/h6-7,9H,3-5,8,10,15H2,1-2H3,(H,17,18). The Morgan fingerprint density at radius 3 is 2.72 bits per heavy atom. The van der Waals surface area contributed by atoms with Crippen molar-refractivity contribution in [3.05, 3.63) is 29.3 Å². The van der Waals surface area contributed by atoms with Crippen molar-refractivity contribution in [2.24, 2.45) is 0 Å². The van der Waals surface area contributed by atoms with Gasteiger partial charge in [0.25, 0.3) is 0 Å². The van der Waals surface area contributed by atoms with Crippen molar-refractivity contribution >= 4 is 11.7 Å². The Labute approximate surface area is 108 Å². The van der Waals surface area contributed by atoms with Crippen LogP contribution in [0.2, 0.25) is 0 Å². The first-order valence-corrected chi connectivity index (χ1v) is 6.34. The maximum atomic E-state index is 10.9. The molecule has 0 amide bonds. The largest absolute Gasteiger partial charge is 0.478 e. The number of carbonyl (C=O) groups is 1. The normalized spacial score (nSPS) is 10.8. The molecule has 3 N–H and O–H groups in total. The van der Waals surface area contributed by atoms with E-state index in [9.17, 15) is 4.79 Å². The third-order valence-electron chi connectivity index (χ3n) is 2.97. The number of carboxylic acid groups (broad SMARTS) is 1. The van der Waals surface area contributed by atoms with E-state index in [1.165, 1.54) is 18.9 Å². The van der Waals surface area contributed by atoms with Crippen LogP contribution in [-0.4, -0.2) is 29.6 Å². The smallest absolute Gasteiger partial charge is 0.335 e.